The van der Waals surface area contributed by atoms with Crippen LogP contribution in [0.5, 0.6) is 17.2 Å². The zero-order valence-corrected chi connectivity index (χ0v) is 13.5. The van der Waals surface area contributed by atoms with Crippen molar-refractivity contribution < 1.29 is 24.2 Å². The minimum absolute atomic E-state index is 0.0931. The average Bonchev–Trinajstić information content (AvgIpc) is 2.56. The predicted octanol–water partition coefficient (Wildman–Crippen LogP) is 3.26. The first-order chi connectivity index (χ1) is 11.4. The molecule has 7 heteroatoms. The minimum Gasteiger partial charge on any atom is -0.507 e. The number of carbonyl (C=O) groups excluding carboxylic acids is 2. The van der Waals surface area contributed by atoms with Crippen molar-refractivity contribution in [3.05, 3.63) is 42.0 Å². The summed E-state index contributed by atoms with van der Waals surface area (Å²) in [6.45, 7) is 1.32. The topological polar surface area (TPSA) is 96.9 Å². The van der Waals surface area contributed by atoms with Crippen LogP contribution in [-0.2, 0) is 0 Å². The monoisotopic (exact) mass is 330 g/mol. The molecule has 0 atom stereocenters. The Labute approximate surface area is 139 Å². The third-order valence-electron chi connectivity index (χ3n) is 3.29. The quantitative estimate of drug-likeness (QED) is 0.577. The second kappa shape index (κ2) is 7.36. The first-order valence-corrected chi connectivity index (χ1v) is 7.08. The van der Waals surface area contributed by atoms with Gasteiger partial charge in [-0.1, -0.05) is 0 Å². The van der Waals surface area contributed by atoms with Gasteiger partial charge >= 0.3 is 6.03 Å². The first-order valence-electron chi connectivity index (χ1n) is 7.08. The van der Waals surface area contributed by atoms with Crippen molar-refractivity contribution in [1.29, 1.82) is 0 Å². The van der Waals surface area contributed by atoms with Gasteiger partial charge in [0.1, 0.15) is 17.2 Å². The van der Waals surface area contributed by atoms with E-state index in [2.05, 4.69) is 10.6 Å². The number of anilines is 2. The highest BCUT2D eigenvalue weighted by molar-refractivity contribution is 6.03. The molecule has 0 aliphatic rings. The molecule has 2 amide bonds. The molecule has 0 spiro atoms. The SMILES string of the molecule is COc1ccc(NC(=O)Nc2cc(C(C)=O)c(O)cc2OC)cc1. The number of hydrogen-bond acceptors (Lipinski definition) is 5. The number of nitrogens with one attached hydrogen (secondary N) is 2. The normalized spacial score (nSPS) is 9.96. The van der Waals surface area contributed by atoms with Crippen LogP contribution in [0.15, 0.2) is 36.4 Å². The second-order valence-electron chi connectivity index (χ2n) is 4.93. The van der Waals surface area contributed by atoms with E-state index in [1.54, 1.807) is 31.4 Å². The van der Waals surface area contributed by atoms with E-state index in [1.807, 2.05) is 0 Å². The van der Waals surface area contributed by atoms with E-state index in [-0.39, 0.29) is 28.5 Å². The van der Waals surface area contributed by atoms with E-state index >= 15 is 0 Å². The lowest BCUT2D eigenvalue weighted by atomic mass is 10.1. The lowest BCUT2D eigenvalue weighted by Gasteiger charge is -2.13. The summed E-state index contributed by atoms with van der Waals surface area (Å²) in [7, 11) is 2.95. The molecular formula is C17H18N2O5. The smallest absolute Gasteiger partial charge is 0.323 e. The molecule has 0 aliphatic heterocycles. The molecule has 0 radical (unpaired) electrons. The van der Waals surface area contributed by atoms with Crippen molar-refractivity contribution in [3.63, 3.8) is 0 Å². The van der Waals surface area contributed by atoms with Gasteiger partial charge in [-0.2, -0.15) is 0 Å². The van der Waals surface area contributed by atoms with E-state index in [9.17, 15) is 14.7 Å². The number of Topliss-reactive ketones (excluding diaryl/α,β-unsaturated/α-hetero) is 1. The molecule has 126 valence electrons. The molecule has 24 heavy (non-hydrogen) atoms. The second-order valence-corrected chi connectivity index (χ2v) is 4.93. The van der Waals surface area contributed by atoms with Crippen LogP contribution in [-0.4, -0.2) is 31.1 Å². The van der Waals surface area contributed by atoms with Crippen LogP contribution in [0.2, 0.25) is 0 Å². The van der Waals surface area contributed by atoms with E-state index in [4.69, 9.17) is 9.47 Å². The molecule has 0 aromatic heterocycles. The number of rotatable bonds is 5. The summed E-state index contributed by atoms with van der Waals surface area (Å²) in [5, 5.41) is 15.0. The fourth-order valence-electron chi connectivity index (χ4n) is 2.08. The summed E-state index contributed by atoms with van der Waals surface area (Å²) < 4.78 is 10.2. The number of ketones is 1. The van der Waals surface area contributed by atoms with Gasteiger partial charge in [-0.3, -0.25) is 4.79 Å². The maximum atomic E-state index is 12.1. The van der Waals surface area contributed by atoms with Gasteiger partial charge in [0.2, 0.25) is 0 Å². The summed E-state index contributed by atoms with van der Waals surface area (Å²) in [4.78, 5) is 23.6. The van der Waals surface area contributed by atoms with Gasteiger partial charge in [-0.05, 0) is 37.3 Å². The summed E-state index contributed by atoms with van der Waals surface area (Å²) >= 11 is 0. The first kappa shape index (κ1) is 17.1. The minimum atomic E-state index is -0.515. The molecular weight excluding hydrogens is 312 g/mol. The third kappa shape index (κ3) is 3.95. The van der Waals surface area contributed by atoms with Crippen LogP contribution < -0.4 is 20.1 Å². The number of methoxy groups -OCH3 is 2. The lowest BCUT2D eigenvalue weighted by Crippen LogP contribution is -2.20. The van der Waals surface area contributed by atoms with E-state index in [0.29, 0.717) is 11.4 Å². The Kier molecular flexibility index (Phi) is 5.26. The maximum Gasteiger partial charge on any atom is 0.323 e. The molecule has 3 N–H and O–H groups in total. The fraction of sp³-hybridized carbons (Fsp3) is 0.176. The van der Waals surface area contributed by atoms with Gasteiger partial charge in [0.15, 0.2) is 5.78 Å². The standard InChI is InChI=1S/C17H18N2O5/c1-10(20)13-8-14(16(24-3)9-15(13)21)19-17(22)18-11-4-6-12(23-2)7-5-11/h4-9,21H,1-3H3,(H2,18,19,22). The third-order valence-corrected chi connectivity index (χ3v) is 3.29. The molecule has 2 rings (SSSR count). The predicted molar refractivity (Wildman–Crippen MR) is 90.3 cm³/mol. The van der Waals surface area contributed by atoms with Crippen LogP contribution in [0.25, 0.3) is 0 Å². The van der Waals surface area contributed by atoms with Crippen molar-refractivity contribution in [2.75, 3.05) is 24.9 Å². The van der Waals surface area contributed by atoms with Gasteiger partial charge < -0.3 is 25.2 Å². The molecule has 0 saturated heterocycles. The molecule has 0 aliphatic carbocycles. The van der Waals surface area contributed by atoms with Crippen LogP contribution in [0.4, 0.5) is 16.2 Å². The summed E-state index contributed by atoms with van der Waals surface area (Å²) in [6.07, 6.45) is 0. The Morgan fingerprint density at radius 2 is 1.67 bits per heavy atom. The zero-order valence-electron chi connectivity index (χ0n) is 13.5. The number of hydrogen-bond donors (Lipinski definition) is 3. The van der Waals surface area contributed by atoms with Gasteiger partial charge in [0, 0.05) is 11.8 Å². The fourth-order valence-corrected chi connectivity index (χ4v) is 2.08. The van der Waals surface area contributed by atoms with Crippen molar-refractivity contribution in [2.24, 2.45) is 0 Å². The number of carbonyl (C=O) groups is 2. The maximum absolute atomic E-state index is 12.1. The number of phenolic OH excluding ortho intramolecular Hbond substituents is 1. The van der Waals surface area contributed by atoms with Gasteiger partial charge in [-0.15, -0.1) is 0 Å². The molecule has 2 aromatic carbocycles. The van der Waals surface area contributed by atoms with E-state index < -0.39 is 6.03 Å². The number of urea groups is 1. The molecule has 0 fully saturated rings. The number of ether oxygens (including phenoxy) is 2. The van der Waals surface area contributed by atoms with Gasteiger partial charge in [-0.25, -0.2) is 4.79 Å². The highest BCUT2D eigenvalue weighted by atomic mass is 16.5. The lowest BCUT2D eigenvalue weighted by molar-refractivity contribution is 0.101. The Bertz CT molecular complexity index is 756. The Morgan fingerprint density at radius 3 is 2.21 bits per heavy atom. The van der Waals surface area contributed by atoms with Crippen molar-refractivity contribution in [2.45, 2.75) is 6.92 Å². The molecule has 2 aromatic rings. The summed E-state index contributed by atoms with van der Waals surface area (Å²) in [6, 6.07) is 8.93. The highest BCUT2D eigenvalue weighted by Crippen LogP contribution is 2.32. The van der Waals surface area contributed by atoms with E-state index in [1.165, 1.54) is 26.2 Å². The Morgan fingerprint density at radius 1 is 1.00 bits per heavy atom. The molecule has 7 nitrogen and oxygen atoms in total. The van der Waals surface area contributed by atoms with Crippen molar-refractivity contribution in [3.8, 4) is 17.2 Å². The summed E-state index contributed by atoms with van der Waals surface area (Å²) in [5.41, 5.74) is 0.930. The summed E-state index contributed by atoms with van der Waals surface area (Å²) in [5.74, 6) is 0.379. The number of amides is 2. The number of aromatic hydroxyl groups is 1. The Hall–Kier alpha value is -3.22. The average molecular weight is 330 g/mol. The van der Waals surface area contributed by atoms with Crippen LogP contribution in [0, 0.1) is 0 Å². The molecule has 0 bridgehead atoms. The highest BCUT2D eigenvalue weighted by Gasteiger charge is 2.15. The Balaban J connectivity index is 2.17. The van der Waals surface area contributed by atoms with Gasteiger partial charge in [0.25, 0.3) is 0 Å². The molecule has 0 unspecified atom stereocenters. The van der Waals surface area contributed by atoms with Crippen molar-refractivity contribution in [1.82, 2.24) is 0 Å². The van der Waals surface area contributed by atoms with E-state index in [0.717, 1.165) is 0 Å². The van der Waals surface area contributed by atoms with Crippen molar-refractivity contribution >= 4 is 23.2 Å². The molecule has 0 heterocycles. The number of phenols is 1. The van der Waals surface area contributed by atoms with Crippen LogP contribution in [0.1, 0.15) is 17.3 Å². The van der Waals surface area contributed by atoms with Crippen LogP contribution >= 0.6 is 0 Å². The molecule has 0 saturated carbocycles. The largest absolute Gasteiger partial charge is 0.507 e. The number of benzene rings is 2. The van der Waals surface area contributed by atoms with Gasteiger partial charge in [0.05, 0.1) is 25.5 Å². The van der Waals surface area contributed by atoms with Crippen LogP contribution in [0.3, 0.4) is 0 Å². The zero-order chi connectivity index (χ0) is 17.7.